The van der Waals surface area contributed by atoms with Crippen LogP contribution in [0.1, 0.15) is 162 Å². The number of carboxylic acid groups (broad SMARTS) is 3. The summed E-state index contributed by atoms with van der Waals surface area (Å²) in [6.45, 7) is 3.63. The molecule has 0 rings (SSSR count). The Hall–Kier alpha value is -1.71. The zero-order chi connectivity index (χ0) is 31.6. The Labute approximate surface area is 249 Å². The summed E-state index contributed by atoms with van der Waals surface area (Å²) in [4.78, 5) is 30.2. The van der Waals surface area contributed by atoms with E-state index in [-0.39, 0.29) is 32.7 Å². The molecule has 0 saturated heterocycles. The van der Waals surface area contributed by atoms with Gasteiger partial charge in [0.05, 0.1) is 19.8 Å². The second kappa shape index (κ2) is 34.5. The number of aliphatic hydroxyl groups excluding tert-OH is 3. The van der Waals surface area contributed by atoms with Gasteiger partial charge in [0.15, 0.2) is 0 Å². The van der Waals surface area contributed by atoms with Gasteiger partial charge in [-0.3, -0.25) is 14.4 Å². The summed E-state index contributed by atoms with van der Waals surface area (Å²) in [6, 6.07) is 0. The summed E-state index contributed by atoms with van der Waals surface area (Å²) >= 11 is 0. The number of carboxylic acids is 3. The molecule has 0 fully saturated rings. The summed E-state index contributed by atoms with van der Waals surface area (Å²) in [5.74, 6) is -2.39. The Kier molecular flexibility index (Phi) is 36.8. The first-order valence-electron chi connectivity index (χ1n) is 16.1. The zero-order valence-corrected chi connectivity index (χ0v) is 26.3. The molecule has 0 radical (unpaired) electrons. The molecule has 0 aliphatic rings. The smallest absolute Gasteiger partial charge is 0.303 e. The standard InChI is InChI=1S/C20H40O2.C6H10O4.C6H14O3/c1-2-3-4-5-6-7-8-9-10-11-12-13-14-15-16-17-18-19-20(21)22;7-5(8)3-1-2-4-6(9)10;1-2-6(3-7,4-8)5-9/h2-19H2,1H3,(H,21,22);1-4H2,(H,7,8)(H,9,10);7-9H,2-5H2,1H3. The third-order valence-corrected chi connectivity index (χ3v) is 7.28. The minimum Gasteiger partial charge on any atom is -0.481 e. The molecule has 0 aliphatic heterocycles. The van der Waals surface area contributed by atoms with Crippen LogP contribution in [0.15, 0.2) is 0 Å². The molecule has 0 amide bonds. The van der Waals surface area contributed by atoms with Gasteiger partial charge in [-0.25, -0.2) is 0 Å². The lowest BCUT2D eigenvalue weighted by molar-refractivity contribution is -0.139. The summed E-state index contributed by atoms with van der Waals surface area (Å²) in [5, 5.41) is 50.8. The van der Waals surface area contributed by atoms with E-state index >= 15 is 0 Å². The highest BCUT2D eigenvalue weighted by Gasteiger charge is 2.24. The zero-order valence-electron chi connectivity index (χ0n) is 26.3. The quantitative estimate of drug-likeness (QED) is 0.0540. The van der Waals surface area contributed by atoms with Gasteiger partial charge in [0.1, 0.15) is 0 Å². The van der Waals surface area contributed by atoms with Crippen LogP contribution < -0.4 is 0 Å². The molecular formula is C32H64O9. The molecule has 0 aromatic rings. The number of carbonyl (C=O) groups is 3. The highest BCUT2D eigenvalue weighted by atomic mass is 16.4. The molecule has 0 aromatic carbocycles. The third-order valence-electron chi connectivity index (χ3n) is 7.28. The first-order chi connectivity index (χ1) is 19.6. The van der Waals surface area contributed by atoms with Crippen molar-refractivity contribution in [3.05, 3.63) is 0 Å². The van der Waals surface area contributed by atoms with E-state index in [0.29, 0.717) is 25.7 Å². The molecule has 0 aromatic heterocycles. The predicted molar refractivity (Wildman–Crippen MR) is 164 cm³/mol. The number of rotatable bonds is 27. The van der Waals surface area contributed by atoms with E-state index in [1.54, 1.807) is 0 Å². The molecular weight excluding hydrogens is 528 g/mol. The molecule has 9 heteroatoms. The van der Waals surface area contributed by atoms with Crippen LogP contribution in [0.4, 0.5) is 0 Å². The summed E-state index contributed by atoms with van der Waals surface area (Å²) in [6.07, 6.45) is 24.8. The van der Waals surface area contributed by atoms with Crippen molar-refractivity contribution < 1.29 is 45.0 Å². The number of unbranched alkanes of at least 4 members (excludes halogenated alkanes) is 17. The predicted octanol–water partition coefficient (Wildman–Crippen LogP) is 7.19. The first-order valence-corrected chi connectivity index (χ1v) is 16.1. The Morgan fingerprint density at radius 2 is 0.634 bits per heavy atom. The average molecular weight is 593 g/mol. The number of hydrogen-bond donors (Lipinski definition) is 6. The van der Waals surface area contributed by atoms with Gasteiger partial charge in [0.2, 0.25) is 0 Å². The van der Waals surface area contributed by atoms with Crippen molar-refractivity contribution in [3.8, 4) is 0 Å². The highest BCUT2D eigenvalue weighted by Crippen LogP contribution is 2.18. The largest absolute Gasteiger partial charge is 0.481 e. The van der Waals surface area contributed by atoms with Crippen LogP contribution in [0.25, 0.3) is 0 Å². The number of aliphatic carboxylic acids is 3. The van der Waals surface area contributed by atoms with E-state index in [0.717, 1.165) is 12.8 Å². The van der Waals surface area contributed by atoms with E-state index in [4.69, 9.17) is 30.6 Å². The molecule has 0 atom stereocenters. The fourth-order valence-electron chi connectivity index (χ4n) is 4.04. The van der Waals surface area contributed by atoms with E-state index in [1.807, 2.05) is 6.92 Å². The summed E-state index contributed by atoms with van der Waals surface area (Å²) < 4.78 is 0. The van der Waals surface area contributed by atoms with Crippen molar-refractivity contribution in [3.63, 3.8) is 0 Å². The van der Waals surface area contributed by atoms with Crippen molar-refractivity contribution in [2.24, 2.45) is 5.41 Å². The monoisotopic (exact) mass is 592 g/mol. The SMILES string of the molecule is CCC(CO)(CO)CO.CCCCCCCCCCCCCCCCCCCC(=O)O.O=C(O)CCCCC(=O)O. The minimum atomic E-state index is -0.870. The molecule has 0 bridgehead atoms. The van der Waals surface area contributed by atoms with Crippen molar-refractivity contribution >= 4 is 17.9 Å². The highest BCUT2D eigenvalue weighted by molar-refractivity contribution is 5.68. The minimum absolute atomic E-state index is 0.0628. The van der Waals surface area contributed by atoms with Gasteiger partial charge in [-0.1, -0.05) is 117 Å². The molecule has 246 valence electrons. The second-order valence-electron chi connectivity index (χ2n) is 11.1. The van der Waals surface area contributed by atoms with Crippen LogP contribution >= 0.6 is 0 Å². The van der Waals surface area contributed by atoms with Crippen molar-refractivity contribution in [2.45, 2.75) is 162 Å². The number of hydrogen-bond acceptors (Lipinski definition) is 6. The Morgan fingerprint density at radius 1 is 0.415 bits per heavy atom. The molecule has 0 heterocycles. The van der Waals surface area contributed by atoms with Crippen LogP contribution in [0, 0.1) is 5.41 Å². The lowest BCUT2D eigenvalue weighted by Gasteiger charge is -2.24. The van der Waals surface area contributed by atoms with Crippen molar-refractivity contribution in [1.82, 2.24) is 0 Å². The fraction of sp³-hybridized carbons (Fsp3) is 0.906. The summed E-state index contributed by atoms with van der Waals surface area (Å²) in [5.41, 5.74) is -0.667. The van der Waals surface area contributed by atoms with Crippen LogP contribution in [0.3, 0.4) is 0 Å². The average Bonchev–Trinajstić information content (AvgIpc) is 2.95. The van der Waals surface area contributed by atoms with Crippen LogP contribution in [0.2, 0.25) is 0 Å². The molecule has 9 nitrogen and oxygen atoms in total. The lowest BCUT2D eigenvalue weighted by Crippen LogP contribution is -2.32. The fourth-order valence-corrected chi connectivity index (χ4v) is 4.04. The van der Waals surface area contributed by atoms with Gasteiger partial charge in [-0.05, 0) is 25.7 Å². The third kappa shape index (κ3) is 38.3. The van der Waals surface area contributed by atoms with Gasteiger partial charge in [0, 0.05) is 24.7 Å². The molecule has 0 spiro atoms. The second-order valence-corrected chi connectivity index (χ2v) is 11.1. The summed E-state index contributed by atoms with van der Waals surface area (Å²) in [7, 11) is 0. The van der Waals surface area contributed by atoms with Crippen molar-refractivity contribution in [1.29, 1.82) is 0 Å². The van der Waals surface area contributed by atoms with E-state index in [1.165, 1.54) is 96.3 Å². The maximum atomic E-state index is 10.4. The Bertz CT molecular complexity index is 544. The molecule has 0 saturated carbocycles. The molecule has 0 aliphatic carbocycles. The van der Waals surface area contributed by atoms with Gasteiger partial charge in [-0.2, -0.15) is 0 Å². The van der Waals surface area contributed by atoms with Gasteiger partial charge in [-0.15, -0.1) is 0 Å². The number of aliphatic hydroxyl groups is 3. The van der Waals surface area contributed by atoms with E-state index < -0.39 is 23.3 Å². The van der Waals surface area contributed by atoms with Gasteiger partial charge < -0.3 is 30.6 Å². The Balaban J connectivity index is -0.000000625. The topological polar surface area (TPSA) is 173 Å². The normalized spacial score (nSPS) is 10.8. The maximum Gasteiger partial charge on any atom is 0.303 e. The van der Waals surface area contributed by atoms with Crippen LogP contribution in [-0.2, 0) is 14.4 Å². The maximum absolute atomic E-state index is 10.4. The van der Waals surface area contributed by atoms with Gasteiger partial charge >= 0.3 is 17.9 Å². The van der Waals surface area contributed by atoms with Crippen LogP contribution in [-0.4, -0.2) is 68.4 Å². The van der Waals surface area contributed by atoms with Crippen molar-refractivity contribution in [2.75, 3.05) is 19.8 Å². The van der Waals surface area contributed by atoms with Crippen LogP contribution in [0.5, 0.6) is 0 Å². The molecule has 41 heavy (non-hydrogen) atoms. The van der Waals surface area contributed by atoms with Gasteiger partial charge in [0.25, 0.3) is 0 Å². The molecule has 0 unspecified atom stereocenters. The van der Waals surface area contributed by atoms with E-state index in [2.05, 4.69) is 6.92 Å². The lowest BCUT2D eigenvalue weighted by atomic mass is 9.88. The molecule has 6 N–H and O–H groups in total. The first kappa shape index (κ1) is 43.7. The Morgan fingerprint density at radius 3 is 0.805 bits per heavy atom. The van der Waals surface area contributed by atoms with E-state index in [9.17, 15) is 14.4 Å².